The zero-order chi connectivity index (χ0) is 10.1. The van der Waals surface area contributed by atoms with Crippen LogP contribution in [0.3, 0.4) is 0 Å². The summed E-state index contributed by atoms with van der Waals surface area (Å²) in [6.07, 6.45) is 4.59. The molecule has 2 saturated heterocycles. The fourth-order valence-corrected chi connectivity index (χ4v) is 3.52. The van der Waals surface area contributed by atoms with E-state index in [4.69, 9.17) is 0 Å². The number of rotatable bonds is 2. The molecule has 0 spiro atoms. The van der Waals surface area contributed by atoms with Crippen LogP contribution in [0.4, 0.5) is 0 Å². The van der Waals surface area contributed by atoms with Crippen molar-refractivity contribution in [3.05, 3.63) is 16.6 Å². The van der Waals surface area contributed by atoms with Crippen LogP contribution in [-0.4, -0.2) is 35.6 Å². The smallest absolute Gasteiger partial charge is 0.107 e. The van der Waals surface area contributed by atoms with Gasteiger partial charge in [-0.2, -0.15) is 0 Å². The first kappa shape index (κ1) is 9.75. The Morgan fingerprint density at radius 2 is 2.53 bits per heavy atom. The lowest BCUT2D eigenvalue weighted by Crippen LogP contribution is -2.43. The molecular formula is C11H17N3S. The van der Waals surface area contributed by atoms with E-state index in [2.05, 4.69) is 20.6 Å². The molecule has 0 bridgehead atoms. The van der Waals surface area contributed by atoms with Gasteiger partial charge in [-0.25, -0.2) is 4.98 Å². The minimum Gasteiger partial charge on any atom is -0.316 e. The number of aromatic nitrogens is 1. The summed E-state index contributed by atoms with van der Waals surface area (Å²) in [6, 6.07) is 0.815. The molecule has 2 atom stereocenters. The minimum atomic E-state index is 0.815. The van der Waals surface area contributed by atoms with Gasteiger partial charge in [0.05, 0.1) is 6.54 Å². The number of likely N-dealkylation sites (tertiary alicyclic amines) is 1. The standard InChI is InChI=1S/C11H17N3S/c1-3-12-7-9-2-5-14(10(1)9)8-11-13-4-6-15-11/h4,6,9-10,12H,1-3,5,7-8H2. The molecule has 15 heavy (non-hydrogen) atoms. The summed E-state index contributed by atoms with van der Waals surface area (Å²) in [6.45, 7) is 4.74. The van der Waals surface area contributed by atoms with Crippen molar-refractivity contribution in [2.24, 2.45) is 5.92 Å². The van der Waals surface area contributed by atoms with Gasteiger partial charge in [-0.1, -0.05) is 0 Å². The van der Waals surface area contributed by atoms with Crippen molar-refractivity contribution in [3.8, 4) is 0 Å². The lowest BCUT2D eigenvalue weighted by molar-refractivity contribution is 0.184. The third-order valence-corrected chi connectivity index (χ3v) is 4.41. The largest absolute Gasteiger partial charge is 0.316 e. The molecule has 2 fully saturated rings. The van der Waals surface area contributed by atoms with E-state index >= 15 is 0 Å². The van der Waals surface area contributed by atoms with Crippen molar-refractivity contribution in [1.29, 1.82) is 0 Å². The minimum absolute atomic E-state index is 0.815. The molecule has 0 aliphatic carbocycles. The lowest BCUT2D eigenvalue weighted by atomic mass is 9.94. The van der Waals surface area contributed by atoms with Gasteiger partial charge < -0.3 is 5.32 Å². The molecule has 2 aliphatic rings. The molecule has 0 aromatic carbocycles. The Morgan fingerprint density at radius 3 is 3.40 bits per heavy atom. The van der Waals surface area contributed by atoms with E-state index in [1.54, 1.807) is 11.3 Å². The second-order valence-electron chi connectivity index (χ2n) is 4.51. The van der Waals surface area contributed by atoms with E-state index in [1.807, 2.05) is 6.20 Å². The van der Waals surface area contributed by atoms with Gasteiger partial charge in [0, 0.05) is 17.6 Å². The quantitative estimate of drug-likeness (QED) is 0.820. The van der Waals surface area contributed by atoms with Crippen LogP contribution in [0, 0.1) is 5.92 Å². The van der Waals surface area contributed by atoms with E-state index in [-0.39, 0.29) is 0 Å². The Kier molecular flexibility index (Phi) is 2.73. The highest BCUT2D eigenvalue weighted by Crippen LogP contribution is 2.29. The zero-order valence-electron chi connectivity index (χ0n) is 8.85. The van der Waals surface area contributed by atoms with Gasteiger partial charge in [-0.05, 0) is 38.4 Å². The molecule has 1 aromatic rings. The van der Waals surface area contributed by atoms with Gasteiger partial charge in [-0.3, -0.25) is 4.90 Å². The van der Waals surface area contributed by atoms with E-state index in [1.165, 1.54) is 37.5 Å². The molecule has 2 aliphatic heterocycles. The fourth-order valence-electron chi connectivity index (χ4n) is 2.88. The third kappa shape index (κ3) is 1.94. The van der Waals surface area contributed by atoms with Crippen molar-refractivity contribution in [2.45, 2.75) is 25.4 Å². The highest BCUT2D eigenvalue weighted by molar-refractivity contribution is 7.09. The summed E-state index contributed by atoms with van der Waals surface area (Å²) in [4.78, 5) is 7.01. The summed E-state index contributed by atoms with van der Waals surface area (Å²) in [5.74, 6) is 0.888. The van der Waals surface area contributed by atoms with Crippen LogP contribution in [0.1, 0.15) is 17.8 Å². The molecule has 3 nitrogen and oxygen atoms in total. The monoisotopic (exact) mass is 223 g/mol. The van der Waals surface area contributed by atoms with Crippen molar-refractivity contribution in [1.82, 2.24) is 15.2 Å². The highest BCUT2D eigenvalue weighted by atomic mass is 32.1. The Bertz CT molecular complexity index is 312. The lowest BCUT2D eigenvalue weighted by Gasteiger charge is -2.31. The van der Waals surface area contributed by atoms with Gasteiger partial charge in [-0.15, -0.1) is 11.3 Å². The molecule has 4 heteroatoms. The van der Waals surface area contributed by atoms with E-state index < -0.39 is 0 Å². The van der Waals surface area contributed by atoms with Crippen LogP contribution in [0.15, 0.2) is 11.6 Å². The molecule has 1 aromatic heterocycles. The van der Waals surface area contributed by atoms with Crippen LogP contribution in [0.5, 0.6) is 0 Å². The molecule has 3 heterocycles. The van der Waals surface area contributed by atoms with Crippen LogP contribution >= 0.6 is 11.3 Å². The molecule has 0 radical (unpaired) electrons. The topological polar surface area (TPSA) is 28.2 Å². The van der Waals surface area contributed by atoms with E-state index in [9.17, 15) is 0 Å². The normalized spacial score (nSPS) is 31.7. The number of hydrogen-bond donors (Lipinski definition) is 1. The Balaban J connectivity index is 1.67. The van der Waals surface area contributed by atoms with Gasteiger partial charge in [0.1, 0.15) is 5.01 Å². The highest BCUT2D eigenvalue weighted by Gasteiger charge is 2.35. The first-order valence-electron chi connectivity index (χ1n) is 5.76. The predicted molar refractivity (Wildman–Crippen MR) is 61.9 cm³/mol. The SMILES string of the molecule is c1csc(CN2CCC3CNCCC32)n1. The zero-order valence-corrected chi connectivity index (χ0v) is 9.67. The molecule has 2 unspecified atom stereocenters. The third-order valence-electron chi connectivity index (χ3n) is 3.65. The second kappa shape index (κ2) is 4.20. The van der Waals surface area contributed by atoms with Crippen LogP contribution < -0.4 is 5.32 Å². The average Bonchev–Trinajstić information content (AvgIpc) is 2.89. The maximum Gasteiger partial charge on any atom is 0.107 e. The maximum atomic E-state index is 4.38. The Labute approximate surface area is 94.5 Å². The summed E-state index contributed by atoms with van der Waals surface area (Å²) >= 11 is 1.78. The number of thiazole rings is 1. The van der Waals surface area contributed by atoms with Crippen molar-refractivity contribution in [3.63, 3.8) is 0 Å². The van der Waals surface area contributed by atoms with Crippen LogP contribution in [-0.2, 0) is 6.54 Å². The summed E-state index contributed by atoms with van der Waals surface area (Å²) < 4.78 is 0. The molecule has 0 amide bonds. The second-order valence-corrected chi connectivity index (χ2v) is 5.48. The van der Waals surface area contributed by atoms with Gasteiger partial charge in [0.2, 0.25) is 0 Å². The molecule has 3 rings (SSSR count). The Hall–Kier alpha value is -0.450. The van der Waals surface area contributed by atoms with Crippen LogP contribution in [0.2, 0.25) is 0 Å². The summed E-state index contributed by atoms with van der Waals surface area (Å²) in [7, 11) is 0. The summed E-state index contributed by atoms with van der Waals surface area (Å²) in [5.41, 5.74) is 0. The number of fused-ring (bicyclic) bond motifs is 1. The predicted octanol–water partition coefficient (Wildman–Crippen LogP) is 1.33. The van der Waals surface area contributed by atoms with Crippen molar-refractivity contribution in [2.75, 3.05) is 19.6 Å². The van der Waals surface area contributed by atoms with Crippen molar-refractivity contribution < 1.29 is 0 Å². The number of nitrogens with one attached hydrogen (secondary N) is 1. The van der Waals surface area contributed by atoms with Crippen molar-refractivity contribution >= 4 is 11.3 Å². The van der Waals surface area contributed by atoms with Gasteiger partial charge >= 0.3 is 0 Å². The van der Waals surface area contributed by atoms with E-state index in [0.29, 0.717) is 0 Å². The first-order valence-corrected chi connectivity index (χ1v) is 6.64. The van der Waals surface area contributed by atoms with E-state index in [0.717, 1.165) is 18.5 Å². The number of piperidine rings is 1. The first-order chi connectivity index (χ1) is 7.43. The maximum absolute atomic E-state index is 4.38. The number of hydrogen-bond acceptors (Lipinski definition) is 4. The molecule has 0 saturated carbocycles. The number of nitrogens with zero attached hydrogens (tertiary/aromatic N) is 2. The fraction of sp³-hybridized carbons (Fsp3) is 0.727. The van der Waals surface area contributed by atoms with Gasteiger partial charge in [0.15, 0.2) is 0 Å². The van der Waals surface area contributed by atoms with Crippen LogP contribution in [0.25, 0.3) is 0 Å². The summed E-state index contributed by atoms with van der Waals surface area (Å²) in [5, 5.41) is 6.84. The molecular weight excluding hydrogens is 206 g/mol. The average molecular weight is 223 g/mol. The molecule has 1 N–H and O–H groups in total. The molecule has 82 valence electrons. The van der Waals surface area contributed by atoms with Gasteiger partial charge in [0.25, 0.3) is 0 Å². The Morgan fingerprint density at radius 1 is 1.53 bits per heavy atom.